The molecule has 1 unspecified atom stereocenters. The Morgan fingerprint density at radius 3 is 2.48 bits per heavy atom. The fraction of sp³-hybridized carbons (Fsp3) is 0.261. The van der Waals surface area contributed by atoms with Crippen LogP contribution in [0.15, 0.2) is 73.1 Å². The first-order valence-electron chi connectivity index (χ1n) is 9.28. The van der Waals surface area contributed by atoms with Crippen LogP contribution in [0.5, 0.6) is 0 Å². The molecule has 1 N–H and O–H groups in total. The molecule has 0 aliphatic heterocycles. The first-order chi connectivity index (χ1) is 13.1. The molecule has 0 saturated heterocycles. The first kappa shape index (κ1) is 19.2. The Hall–Kier alpha value is -2.56. The lowest BCUT2D eigenvalue weighted by molar-refractivity contribution is 0.318. The maximum atomic E-state index is 13.0. The van der Waals surface area contributed by atoms with Crippen molar-refractivity contribution in [1.29, 1.82) is 0 Å². The van der Waals surface area contributed by atoms with Crippen molar-refractivity contribution in [2.75, 3.05) is 20.1 Å². The fourth-order valence-electron chi connectivity index (χ4n) is 3.10. The van der Waals surface area contributed by atoms with Gasteiger partial charge in [-0.05, 0) is 66.6 Å². The van der Waals surface area contributed by atoms with E-state index in [0.717, 1.165) is 25.2 Å². The summed E-state index contributed by atoms with van der Waals surface area (Å²) >= 11 is 0. The summed E-state index contributed by atoms with van der Waals surface area (Å²) in [4.78, 5) is 6.32. The first-order valence-corrected chi connectivity index (χ1v) is 9.28. The number of pyridine rings is 1. The van der Waals surface area contributed by atoms with Crippen LogP contribution in [0.4, 0.5) is 4.39 Å². The quantitative estimate of drug-likeness (QED) is 0.630. The number of aromatic nitrogens is 1. The highest BCUT2D eigenvalue weighted by molar-refractivity contribution is 5.63. The molecule has 2 aromatic carbocycles. The second-order valence-corrected chi connectivity index (χ2v) is 6.90. The van der Waals surface area contributed by atoms with E-state index in [1.54, 1.807) is 0 Å². The van der Waals surface area contributed by atoms with Gasteiger partial charge in [-0.1, -0.05) is 30.3 Å². The van der Waals surface area contributed by atoms with E-state index in [1.165, 1.54) is 28.8 Å². The van der Waals surface area contributed by atoms with Gasteiger partial charge in [0.05, 0.1) is 0 Å². The predicted octanol–water partition coefficient (Wildman–Crippen LogP) is 4.67. The van der Waals surface area contributed by atoms with Gasteiger partial charge in [-0.3, -0.25) is 4.98 Å². The Morgan fingerprint density at radius 1 is 1.00 bits per heavy atom. The molecule has 0 amide bonds. The average molecular weight is 363 g/mol. The molecule has 1 atom stereocenters. The zero-order valence-electron chi connectivity index (χ0n) is 15.9. The van der Waals surface area contributed by atoms with Crippen LogP contribution >= 0.6 is 0 Å². The van der Waals surface area contributed by atoms with Gasteiger partial charge in [0, 0.05) is 38.1 Å². The lowest BCUT2D eigenvalue weighted by atomic mass is 10.0. The molecule has 0 aliphatic carbocycles. The van der Waals surface area contributed by atoms with Gasteiger partial charge in [0.15, 0.2) is 0 Å². The van der Waals surface area contributed by atoms with Crippen LogP contribution in [0.25, 0.3) is 11.1 Å². The van der Waals surface area contributed by atoms with Gasteiger partial charge in [0.1, 0.15) is 5.82 Å². The maximum absolute atomic E-state index is 13.0. The van der Waals surface area contributed by atoms with Gasteiger partial charge in [-0.25, -0.2) is 4.39 Å². The largest absolute Gasteiger partial charge is 0.309 e. The Kier molecular flexibility index (Phi) is 6.69. The molecule has 3 nitrogen and oxygen atoms in total. The van der Waals surface area contributed by atoms with E-state index in [4.69, 9.17) is 0 Å². The van der Waals surface area contributed by atoms with Crippen LogP contribution in [0.3, 0.4) is 0 Å². The summed E-state index contributed by atoms with van der Waals surface area (Å²) in [6, 6.07) is 19.7. The monoisotopic (exact) mass is 363 g/mol. The molecule has 4 heteroatoms. The second-order valence-electron chi connectivity index (χ2n) is 6.90. The van der Waals surface area contributed by atoms with Crippen molar-refractivity contribution in [3.8, 4) is 11.1 Å². The number of hydrogen-bond donors (Lipinski definition) is 1. The third kappa shape index (κ3) is 5.71. The third-order valence-corrected chi connectivity index (χ3v) is 4.71. The van der Waals surface area contributed by atoms with Crippen LogP contribution in [-0.2, 0) is 6.54 Å². The highest BCUT2D eigenvalue weighted by atomic mass is 19.1. The number of nitrogens with zero attached hydrogens (tertiary/aromatic N) is 2. The molecule has 0 fully saturated rings. The Balaban J connectivity index is 1.50. The molecule has 1 heterocycles. The summed E-state index contributed by atoms with van der Waals surface area (Å²) in [5.74, 6) is -0.189. The van der Waals surface area contributed by atoms with E-state index in [9.17, 15) is 4.39 Å². The van der Waals surface area contributed by atoms with Gasteiger partial charge in [-0.15, -0.1) is 0 Å². The lowest BCUT2D eigenvalue weighted by Gasteiger charge is -2.20. The van der Waals surface area contributed by atoms with Crippen molar-refractivity contribution in [3.63, 3.8) is 0 Å². The molecule has 0 bridgehead atoms. The summed E-state index contributed by atoms with van der Waals surface area (Å²) in [6.45, 7) is 4.81. The number of likely N-dealkylation sites (N-methyl/N-ethyl adjacent to an activating group) is 1. The molecule has 0 spiro atoms. The summed E-state index contributed by atoms with van der Waals surface area (Å²) in [5.41, 5.74) is 4.78. The second kappa shape index (κ2) is 9.40. The fourth-order valence-corrected chi connectivity index (χ4v) is 3.10. The Labute approximate surface area is 160 Å². The normalized spacial score (nSPS) is 12.3. The van der Waals surface area contributed by atoms with Crippen LogP contribution in [0.2, 0.25) is 0 Å². The Morgan fingerprint density at radius 2 is 1.74 bits per heavy atom. The number of halogens is 1. The molecule has 0 saturated carbocycles. The third-order valence-electron chi connectivity index (χ3n) is 4.71. The lowest BCUT2D eigenvalue weighted by Crippen LogP contribution is -2.30. The summed E-state index contributed by atoms with van der Waals surface area (Å²) in [7, 11) is 2.08. The van der Waals surface area contributed by atoms with Crippen LogP contribution < -0.4 is 5.32 Å². The van der Waals surface area contributed by atoms with E-state index in [2.05, 4.69) is 53.4 Å². The number of benzene rings is 2. The van der Waals surface area contributed by atoms with Crippen LogP contribution in [0, 0.1) is 5.82 Å². The molecule has 1 aromatic heterocycles. The summed E-state index contributed by atoms with van der Waals surface area (Å²) in [6.07, 6.45) is 3.64. The standard InChI is InChI=1S/C23H26FN3/c1-18(21-4-3-5-22(16-21)20-10-12-25-13-11-20)26-14-15-27(2)17-19-6-8-23(24)9-7-19/h3-13,16,18,26H,14-15,17H2,1-2H3. The number of rotatable bonds is 8. The van der Waals surface area contributed by atoms with Gasteiger partial charge in [0.25, 0.3) is 0 Å². The van der Waals surface area contributed by atoms with Gasteiger partial charge >= 0.3 is 0 Å². The molecular formula is C23H26FN3. The van der Waals surface area contributed by atoms with Crippen LogP contribution in [-0.4, -0.2) is 30.0 Å². The molecule has 0 radical (unpaired) electrons. The van der Waals surface area contributed by atoms with E-state index in [-0.39, 0.29) is 11.9 Å². The van der Waals surface area contributed by atoms with E-state index in [0.29, 0.717) is 0 Å². The molecule has 0 aliphatic rings. The number of nitrogens with one attached hydrogen (secondary N) is 1. The van der Waals surface area contributed by atoms with E-state index >= 15 is 0 Å². The maximum Gasteiger partial charge on any atom is 0.123 e. The molecule has 3 rings (SSSR count). The molecule has 3 aromatic rings. The molecular weight excluding hydrogens is 337 g/mol. The van der Waals surface area contributed by atoms with Crippen molar-refractivity contribution in [2.24, 2.45) is 0 Å². The zero-order valence-corrected chi connectivity index (χ0v) is 15.9. The highest BCUT2D eigenvalue weighted by Crippen LogP contribution is 2.22. The van der Waals surface area contributed by atoms with E-state index < -0.39 is 0 Å². The number of hydrogen-bond acceptors (Lipinski definition) is 3. The van der Waals surface area contributed by atoms with E-state index in [1.807, 2.05) is 36.7 Å². The average Bonchev–Trinajstić information content (AvgIpc) is 2.70. The van der Waals surface area contributed by atoms with Crippen molar-refractivity contribution in [2.45, 2.75) is 19.5 Å². The summed E-state index contributed by atoms with van der Waals surface area (Å²) in [5, 5.41) is 3.59. The van der Waals surface area contributed by atoms with Gasteiger partial charge < -0.3 is 10.2 Å². The molecule has 140 valence electrons. The SMILES string of the molecule is CC(NCCN(C)Cc1ccc(F)cc1)c1cccc(-c2ccncc2)c1. The minimum Gasteiger partial charge on any atom is -0.309 e. The highest BCUT2D eigenvalue weighted by Gasteiger charge is 2.07. The zero-order chi connectivity index (χ0) is 19.1. The topological polar surface area (TPSA) is 28.2 Å². The minimum absolute atomic E-state index is 0.189. The van der Waals surface area contributed by atoms with Gasteiger partial charge in [-0.2, -0.15) is 0 Å². The van der Waals surface area contributed by atoms with Crippen molar-refractivity contribution in [1.82, 2.24) is 15.2 Å². The van der Waals surface area contributed by atoms with Crippen LogP contribution in [0.1, 0.15) is 24.1 Å². The van der Waals surface area contributed by atoms with Crippen molar-refractivity contribution < 1.29 is 4.39 Å². The van der Waals surface area contributed by atoms with Gasteiger partial charge in [0.2, 0.25) is 0 Å². The van der Waals surface area contributed by atoms with Crippen molar-refractivity contribution >= 4 is 0 Å². The predicted molar refractivity (Wildman–Crippen MR) is 109 cm³/mol. The molecule has 27 heavy (non-hydrogen) atoms. The summed E-state index contributed by atoms with van der Waals surface area (Å²) < 4.78 is 13.0. The van der Waals surface area contributed by atoms with Crippen molar-refractivity contribution in [3.05, 3.63) is 90.0 Å². The minimum atomic E-state index is -0.189. The smallest absolute Gasteiger partial charge is 0.123 e. The Bertz CT molecular complexity index is 834.